The zero-order valence-electron chi connectivity index (χ0n) is 10.3. The number of hydrogen-bond acceptors (Lipinski definition) is 3. The van der Waals surface area contributed by atoms with Gasteiger partial charge in [0.25, 0.3) is 0 Å². The molecule has 1 saturated heterocycles. The van der Waals surface area contributed by atoms with Gasteiger partial charge in [0.15, 0.2) is 0 Å². The van der Waals surface area contributed by atoms with Crippen LogP contribution < -0.4 is 4.90 Å². The first kappa shape index (κ1) is 12.4. The minimum atomic E-state index is -1.01. The molecule has 1 aliphatic heterocycles. The van der Waals surface area contributed by atoms with Crippen molar-refractivity contribution in [2.75, 3.05) is 11.5 Å². The lowest BCUT2D eigenvalue weighted by Gasteiger charge is -2.32. The highest BCUT2D eigenvalue weighted by atomic mass is 16.6. The van der Waals surface area contributed by atoms with E-state index in [0.717, 1.165) is 11.1 Å². The second-order valence-corrected chi connectivity index (χ2v) is 4.47. The number of hydrogen-bond donors (Lipinski definition) is 1. The van der Waals surface area contributed by atoms with Crippen LogP contribution in [0.1, 0.15) is 17.5 Å². The molecule has 0 spiro atoms. The van der Waals surface area contributed by atoms with Crippen LogP contribution in [-0.2, 0) is 9.53 Å². The first-order valence-electron chi connectivity index (χ1n) is 5.76. The van der Waals surface area contributed by atoms with Crippen LogP contribution in [0.15, 0.2) is 18.2 Å². The van der Waals surface area contributed by atoms with E-state index in [0.29, 0.717) is 12.1 Å². The molecule has 18 heavy (non-hydrogen) atoms. The molecule has 0 bridgehead atoms. The molecule has 5 nitrogen and oxygen atoms in total. The third-order valence-electron chi connectivity index (χ3n) is 2.89. The van der Waals surface area contributed by atoms with E-state index in [2.05, 4.69) is 0 Å². The Morgan fingerprint density at radius 1 is 1.33 bits per heavy atom. The predicted molar refractivity (Wildman–Crippen MR) is 65.8 cm³/mol. The molecule has 1 heterocycles. The van der Waals surface area contributed by atoms with Crippen molar-refractivity contribution in [3.05, 3.63) is 29.3 Å². The van der Waals surface area contributed by atoms with E-state index in [4.69, 9.17) is 4.74 Å². The number of anilines is 1. The number of ether oxygens (including phenoxy) is 1. The average molecular weight is 249 g/mol. The maximum absolute atomic E-state index is 11.8. The highest BCUT2D eigenvalue weighted by Gasteiger charge is 2.35. The molecule has 1 N–H and O–H groups in total. The number of rotatable bonds is 2. The minimum Gasteiger partial charge on any atom is -0.480 e. The molecule has 1 fully saturated rings. The van der Waals surface area contributed by atoms with Gasteiger partial charge in [-0.1, -0.05) is 6.07 Å². The fraction of sp³-hybridized carbons (Fsp3) is 0.385. The lowest BCUT2D eigenvalue weighted by atomic mass is 10.1. The number of benzene rings is 1. The second-order valence-electron chi connectivity index (χ2n) is 4.47. The Balaban J connectivity index is 2.43. The van der Waals surface area contributed by atoms with Crippen molar-refractivity contribution in [2.45, 2.75) is 26.3 Å². The molecule has 0 aliphatic carbocycles. The summed E-state index contributed by atoms with van der Waals surface area (Å²) in [5.41, 5.74) is 2.53. The van der Waals surface area contributed by atoms with Crippen molar-refractivity contribution in [3.8, 4) is 0 Å². The summed E-state index contributed by atoms with van der Waals surface area (Å²) in [6.07, 6.45) is -0.299. The summed E-state index contributed by atoms with van der Waals surface area (Å²) in [4.78, 5) is 24.2. The third kappa shape index (κ3) is 2.30. The smallest absolute Gasteiger partial charge is 0.415 e. The Morgan fingerprint density at radius 2 is 1.94 bits per heavy atom. The van der Waals surface area contributed by atoms with Crippen LogP contribution >= 0.6 is 0 Å². The number of carboxylic acids is 1. The van der Waals surface area contributed by atoms with Gasteiger partial charge in [0.1, 0.15) is 6.04 Å². The molecule has 1 amide bonds. The summed E-state index contributed by atoms with van der Waals surface area (Å²) in [5, 5.41) is 9.18. The molecule has 1 aliphatic rings. The Kier molecular flexibility index (Phi) is 3.23. The van der Waals surface area contributed by atoms with Gasteiger partial charge in [-0.05, 0) is 37.1 Å². The number of amides is 1. The maximum Gasteiger partial charge on any atom is 0.415 e. The van der Waals surface area contributed by atoms with Crippen LogP contribution in [0.4, 0.5) is 10.5 Å². The molecule has 0 radical (unpaired) electrons. The molecule has 1 aromatic carbocycles. The monoisotopic (exact) mass is 249 g/mol. The Hall–Kier alpha value is -2.04. The fourth-order valence-corrected chi connectivity index (χ4v) is 2.19. The van der Waals surface area contributed by atoms with E-state index in [9.17, 15) is 14.7 Å². The lowest BCUT2D eigenvalue weighted by molar-refractivity contribution is -0.139. The minimum absolute atomic E-state index is 0.150. The van der Waals surface area contributed by atoms with Gasteiger partial charge in [-0.3, -0.25) is 4.90 Å². The summed E-state index contributed by atoms with van der Waals surface area (Å²) in [6.45, 7) is 3.96. The van der Waals surface area contributed by atoms with E-state index < -0.39 is 18.1 Å². The summed E-state index contributed by atoms with van der Waals surface area (Å²) in [7, 11) is 0. The highest BCUT2D eigenvalue weighted by Crippen LogP contribution is 2.25. The van der Waals surface area contributed by atoms with Gasteiger partial charge in [-0.15, -0.1) is 0 Å². The van der Waals surface area contributed by atoms with Crippen LogP contribution in [0.5, 0.6) is 0 Å². The van der Waals surface area contributed by atoms with E-state index in [1.54, 1.807) is 12.1 Å². The zero-order chi connectivity index (χ0) is 13.3. The van der Waals surface area contributed by atoms with Gasteiger partial charge in [0.05, 0.1) is 6.61 Å². The normalized spacial score (nSPS) is 19.6. The van der Waals surface area contributed by atoms with Gasteiger partial charge in [0, 0.05) is 12.1 Å². The molecular formula is C13H15NO4. The van der Waals surface area contributed by atoms with Crippen LogP contribution in [-0.4, -0.2) is 29.8 Å². The molecule has 1 unspecified atom stereocenters. The second kappa shape index (κ2) is 4.68. The highest BCUT2D eigenvalue weighted by molar-refractivity contribution is 5.96. The predicted octanol–water partition coefficient (Wildman–Crippen LogP) is 2.10. The van der Waals surface area contributed by atoms with Crippen LogP contribution in [0.2, 0.25) is 0 Å². The van der Waals surface area contributed by atoms with Crippen molar-refractivity contribution in [2.24, 2.45) is 0 Å². The number of carboxylic acid groups (broad SMARTS) is 1. The van der Waals surface area contributed by atoms with E-state index in [-0.39, 0.29) is 6.61 Å². The molecule has 2 rings (SSSR count). The van der Waals surface area contributed by atoms with Crippen LogP contribution in [0.25, 0.3) is 0 Å². The number of nitrogens with zero attached hydrogens (tertiary/aromatic N) is 1. The summed E-state index contributed by atoms with van der Waals surface area (Å²) >= 11 is 0. The third-order valence-corrected chi connectivity index (χ3v) is 2.89. The van der Waals surface area contributed by atoms with Gasteiger partial charge < -0.3 is 9.84 Å². The molecule has 5 heteroatoms. The van der Waals surface area contributed by atoms with Crippen molar-refractivity contribution in [1.82, 2.24) is 0 Å². The molecule has 0 aromatic heterocycles. The number of aryl methyl sites for hydroxylation is 2. The van der Waals surface area contributed by atoms with Gasteiger partial charge in [-0.25, -0.2) is 9.59 Å². The van der Waals surface area contributed by atoms with Crippen LogP contribution in [0, 0.1) is 13.8 Å². The Labute approximate surface area is 105 Å². The van der Waals surface area contributed by atoms with Gasteiger partial charge in [-0.2, -0.15) is 0 Å². The van der Waals surface area contributed by atoms with Crippen molar-refractivity contribution in [1.29, 1.82) is 0 Å². The largest absolute Gasteiger partial charge is 0.480 e. The topological polar surface area (TPSA) is 66.8 Å². The SMILES string of the molecule is Cc1cc(C)cc(N2C(=O)OCCC2C(=O)O)c1. The van der Waals surface area contributed by atoms with E-state index >= 15 is 0 Å². The summed E-state index contributed by atoms with van der Waals surface area (Å²) in [5.74, 6) is -1.01. The maximum atomic E-state index is 11.8. The Morgan fingerprint density at radius 3 is 2.50 bits per heavy atom. The Bertz CT molecular complexity index is 478. The fourth-order valence-electron chi connectivity index (χ4n) is 2.19. The van der Waals surface area contributed by atoms with E-state index in [1.807, 2.05) is 19.9 Å². The standard InChI is InChI=1S/C13H15NO4/c1-8-5-9(2)7-10(6-8)14-11(12(15)16)3-4-18-13(14)17/h5-7,11H,3-4H2,1-2H3,(H,15,16). The first-order chi connectivity index (χ1) is 8.49. The molecular weight excluding hydrogens is 234 g/mol. The van der Waals surface area contributed by atoms with Crippen molar-refractivity contribution >= 4 is 17.7 Å². The van der Waals surface area contributed by atoms with Crippen LogP contribution in [0.3, 0.4) is 0 Å². The van der Waals surface area contributed by atoms with Crippen molar-refractivity contribution in [3.63, 3.8) is 0 Å². The molecule has 1 aromatic rings. The molecule has 1 atom stereocenters. The summed E-state index contributed by atoms with van der Waals surface area (Å²) in [6, 6.07) is 4.69. The summed E-state index contributed by atoms with van der Waals surface area (Å²) < 4.78 is 4.93. The number of cyclic esters (lactones) is 1. The number of aliphatic carboxylic acids is 1. The number of carbonyl (C=O) groups excluding carboxylic acids is 1. The van der Waals surface area contributed by atoms with Gasteiger partial charge >= 0.3 is 12.1 Å². The van der Waals surface area contributed by atoms with E-state index in [1.165, 1.54) is 4.90 Å². The quantitative estimate of drug-likeness (QED) is 0.871. The average Bonchev–Trinajstić information content (AvgIpc) is 2.26. The zero-order valence-corrected chi connectivity index (χ0v) is 10.3. The molecule has 0 saturated carbocycles. The van der Waals surface area contributed by atoms with Gasteiger partial charge in [0.2, 0.25) is 0 Å². The lowest BCUT2D eigenvalue weighted by Crippen LogP contribution is -2.50. The first-order valence-corrected chi connectivity index (χ1v) is 5.76. The molecule has 96 valence electrons. The number of carbonyl (C=O) groups is 2. The van der Waals surface area contributed by atoms with Crippen molar-refractivity contribution < 1.29 is 19.4 Å².